The van der Waals surface area contributed by atoms with E-state index in [-0.39, 0.29) is 61.1 Å². The lowest BCUT2D eigenvalue weighted by molar-refractivity contribution is -0.144. The number of hydrogen-bond acceptors (Lipinski definition) is 10. The second-order valence-electron chi connectivity index (χ2n) is 18.1. The van der Waals surface area contributed by atoms with Gasteiger partial charge in [0.05, 0.1) is 46.7 Å². The smallest absolute Gasteiger partial charge is 0.246 e. The Kier molecular flexibility index (Phi) is 12.1. The normalized spacial score (nSPS) is 22.5. The van der Waals surface area contributed by atoms with Crippen molar-refractivity contribution in [2.45, 2.75) is 109 Å². The maximum Gasteiger partial charge on any atom is 0.246 e. The molecule has 4 N–H and O–H groups in total. The average Bonchev–Trinajstić information content (AvgIpc) is 3.92. The van der Waals surface area contributed by atoms with Gasteiger partial charge < -0.3 is 25.7 Å². The molecular formula is C48H55N7O5S. The molecule has 3 fully saturated rings. The van der Waals surface area contributed by atoms with Gasteiger partial charge in [0.1, 0.15) is 17.8 Å². The highest BCUT2D eigenvalue weighted by Crippen LogP contribution is 2.43. The number of piperidine rings is 1. The minimum absolute atomic E-state index is 0.0218. The maximum absolute atomic E-state index is 14.3. The average molecular weight is 842 g/mol. The number of fused-ring (bicyclic) bond motifs is 2. The zero-order valence-corrected chi connectivity index (χ0v) is 36.2. The first-order valence-corrected chi connectivity index (χ1v) is 22.2. The van der Waals surface area contributed by atoms with Crippen molar-refractivity contribution in [1.29, 1.82) is 0 Å². The number of aromatic hydroxyl groups is 1. The van der Waals surface area contributed by atoms with E-state index in [4.69, 9.17) is 0 Å². The first kappa shape index (κ1) is 42.2. The van der Waals surface area contributed by atoms with E-state index >= 15 is 0 Å². The van der Waals surface area contributed by atoms with E-state index in [2.05, 4.69) is 55.0 Å². The Morgan fingerprint density at radius 1 is 0.902 bits per heavy atom. The summed E-state index contributed by atoms with van der Waals surface area (Å²) in [5.41, 5.74) is 8.59. The van der Waals surface area contributed by atoms with Crippen LogP contribution in [0.5, 0.6) is 5.75 Å². The molecule has 12 nitrogen and oxygen atoms in total. The summed E-state index contributed by atoms with van der Waals surface area (Å²) in [4.78, 5) is 51.2. The van der Waals surface area contributed by atoms with Gasteiger partial charge in [-0.05, 0) is 91.3 Å². The van der Waals surface area contributed by atoms with Crippen molar-refractivity contribution in [3.63, 3.8) is 0 Å². The van der Waals surface area contributed by atoms with Gasteiger partial charge >= 0.3 is 0 Å². The number of β-amino-alcohol motifs (C(OH)–C–C–N with tert-alkyl or cyclic N) is 1. The Bertz CT molecular complexity index is 2360. The molecule has 0 saturated carbocycles. The lowest BCUT2D eigenvalue weighted by Gasteiger charge is -2.40. The summed E-state index contributed by atoms with van der Waals surface area (Å²) in [6, 6.07) is 24.1. The lowest BCUT2D eigenvalue weighted by atomic mass is 9.84. The summed E-state index contributed by atoms with van der Waals surface area (Å²) >= 11 is 1.59. The van der Waals surface area contributed by atoms with Crippen LogP contribution in [-0.2, 0) is 14.4 Å². The lowest BCUT2D eigenvalue weighted by Crippen LogP contribution is -2.59. The molecule has 6 atom stereocenters. The van der Waals surface area contributed by atoms with E-state index in [0.717, 1.165) is 58.5 Å². The Morgan fingerprint density at radius 3 is 2.25 bits per heavy atom. The zero-order valence-electron chi connectivity index (χ0n) is 35.4. The van der Waals surface area contributed by atoms with Crippen LogP contribution in [0.3, 0.4) is 0 Å². The first-order valence-electron chi connectivity index (χ1n) is 21.3. The van der Waals surface area contributed by atoms with Crippen molar-refractivity contribution in [2.24, 2.45) is 5.41 Å². The summed E-state index contributed by atoms with van der Waals surface area (Å²) in [5.74, 6) is -0.387. The summed E-state index contributed by atoms with van der Waals surface area (Å²) in [6.07, 6.45) is 4.92. The van der Waals surface area contributed by atoms with Crippen LogP contribution in [0.15, 0.2) is 90.6 Å². The van der Waals surface area contributed by atoms with Gasteiger partial charge in [-0.2, -0.15) is 10.2 Å². The highest BCUT2D eigenvalue weighted by Gasteiger charge is 2.46. The number of likely N-dealkylation sites (tertiary alicyclic amines) is 1. The summed E-state index contributed by atoms with van der Waals surface area (Å²) in [6.45, 7) is 9.84. The Balaban J connectivity index is 0.880. The third-order valence-electron chi connectivity index (χ3n) is 12.8. The molecule has 13 heteroatoms. The molecule has 0 radical (unpaired) electrons. The van der Waals surface area contributed by atoms with Crippen LogP contribution in [-0.4, -0.2) is 96.3 Å². The number of amides is 3. The van der Waals surface area contributed by atoms with Gasteiger partial charge in [-0.15, -0.1) is 11.3 Å². The van der Waals surface area contributed by atoms with E-state index < -0.39 is 23.6 Å². The first-order chi connectivity index (χ1) is 29.2. The maximum atomic E-state index is 14.3. The molecule has 2 bridgehead atoms. The Morgan fingerprint density at radius 2 is 1.59 bits per heavy atom. The fraction of sp³-hybridized carbons (Fsp3) is 0.417. The number of aryl methyl sites for hydroxylation is 1. The van der Waals surface area contributed by atoms with Crippen molar-refractivity contribution in [3.05, 3.63) is 107 Å². The predicted octanol–water partition coefficient (Wildman–Crippen LogP) is 7.03. The molecule has 61 heavy (non-hydrogen) atoms. The Hall–Kier alpha value is -5.50. The number of benzene rings is 3. The summed E-state index contributed by atoms with van der Waals surface area (Å²) < 4.78 is 0. The van der Waals surface area contributed by atoms with Gasteiger partial charge in [0, 0.05) is 36.2 Å². The number of carbonyl (C=O) groups is 3. The third-order valence-corrected chi connectivity index (χ3v) is 13.8. The summed E-state index contributed by atoms with van der Waals surface area (Å²) in [5, 5.41) is 35.7. The molecule has 0 spiro atoms. The molecule has 5 heterocycles. The molecule has 0 aliphatic carbocycles. The second-order valence-corrected chi connectivity index (χ2v) is 18.9. The van der Waals surface area contributed by atoms with E-state index in [1.54, 1.807) is 29.7 Å². The molecule has 2 unspecified atom stereocenters. The molecule has 2 aromatic heterocycles. The number of phenols is 1. The van der Waals surface area contributed by atoms with Gasteiger partial charge in [0.25, 0.3) is 0 Å². The number of carbonyl (C=O) groups excluding carboxylic acids is 3. The fourth-order valence-corrected chi connectivity index (χ4v) is 10.3. The van der Waals surface area contributed by atoms with E-state index in [0.29, 0.717) is 17.2 Å². The predicted molar refractivity (Wildman–Crippen MR) is 236 cm³/mol. The van der Waals surface area contributed by atoms with Gasteiger partial charge in [0.15, 0.2) is 0 Å². The number of hydrogen-bond donors (Lipinski definition) is 4. The van der Waals surface area contributed by atoms with E-state index in [9.17, 15) is 24.6 Å². The Labute approximate surface area is 361 Å². The number of nitrogens with one attached hydrogen (secondary N) is 2. The van der Waals surface area contributed by atoms with Crippen LogP contribution >= 0.6 is 11.3 Å². The summed E-state index contributed by atoms with van der Waals surface area (Å²) in [7, 11) is 0. The minimum atomic E-state index is -0.889. The standard InChI is InChI=1S/C48H55N7O5S/c1-28(30-10-16-33(17-11-30)44-29(2)49-27-61-44)51-46(59)41-23-38(56)25-55(41)47(60)45(48(3,4)5)52-43(58)26-54-36-18-19-37(54)21-34(20-36)31-12-14-32(15-13-31)35-22-40(53-50-24-35)39-8-6-7-9-42(39)57/h6-17,22,24,27-28,34,36-38,41,45,56-57H,18-21,23,25-26H2,1-5H3,(H,51,59)(H,52,58)/t28-,34?,36?,37?,38+,41-,45+/m0/s1. The number of para-hydroxylation sites is 1. The van der Waals surface area contributed by atoms with Crippen LogP contribution < -0.4 is 10.6 Å². The van der Waals surface area contributed by atoms with Crippen LogP contribution in [0.2, 0.25) is 0 Å². The van der Waals surface area contributed by atoms with E-state index in [1.807, 2.05) is 82.6 Å². The third kappa shape index (κ3) is 9.10. The van der Waals surface area contributed by atoms with Gasteiger partial charge in [-0.1, -0.05) is 81.4 Å². The van der Waals surface area contributed by atoms with Crippen molar-refractivity contribution < 1.29 is 24.6 Å². The van der Waals surface area contributed by atoms with Crippen molar-refractivity contribution in [1.82, 2.24) is 35.6 Å². The largest absolute Gasteiger partial charge is 0.507 e. The SMILES string of the molecule is Cc1ncsc1-c1ccc([C@H](C)NC(=O)[C@@H]2C[C@@H](O)CN2C(=O)[C@@H](NC(=O)CN2C3CCC2CC(c2ccc(-c4cnnc(-c5ccccc5O)c4)cc2)C3)C(C)(C)C)cc1. The number of phenolic OH excluding ortho intramolecular Hbond substituents is 1. The van der Waals surface area contributed by atoms with Gasteiger partial charge in [-0.25, -0.2) is 4.98 Å². The fourth-order valence-electron chi connectivity index (χ4n) is 9.49. The number of aliphatic hydroxyl groups is 1. The molecular weight excluding hydrogens is 787 g/mol. The monoisotopic (exact) mass is 841 g/mol. The molecule has 8 rings (SSSR count). The van der Waals surface area contributed by atoms with E-state index in [1.165, 1.54) is 10.5 Å². The second kappa shape index (κ2) is 17.5. The van der Waals surface area contributed by atoms with Crippen LogP contribution in [0, 0.1) is 12.3 Å². The molecule has 3 amide bonds. The molecule has 3 aliphatic rings. The molecule has 3 aliphatic heterocycles. The molecule has 318 valence electrons. The number of aliphatic hydroxyl groups excluding tert-OH is 1. The minimum Gasteiger partial charge on any atom is -0.507 e. The van der Waals surface area contributed by atoms with Crippen molar-refractivity contribution in [3.8, 4) is 38.6 Å². The molecule has 3 aromatic carbocycles. The topological polar surface area (TPSA) is 161 Å². The highest BCUT2D eigenvalue weighted by molar-refractivity contribution is 7.13. The number of rotatable bonds is 11. The van der Waals surface area contributed by atoms with Gasteiger partial charge in [-0.3, -0.25) is 19.3 Å². The number of thiazole rings is 1. The number of aromatic nitrogens is 3. The van der Waals surface area contributed by atoms with Crippen molar-refractivity contribution >= 4 is 29.1 Å². The molecule has 3 saturated heterocycles. The number of nitrogens with zero attached hydrogens (tertiary/aromatic N) is 5. The van der Waals surface area contributed by atoms with Gasteiger partial charge in [0.2, 0.25) is 17.7 Å². The van der Waals surface area contributed by atoms with Crippen LogP contribution in [0.25, 0.3) is 32.8 Å². The van der Waals surface area contributed by atoms with Crippen molar-refractivity contribution in [2.75, 3.05) is 13.1 Å². The molecule has 5 aromatic rings. The van der Waals surface area contributed by atoms with Crippen LogP contribution in [0.1, 0.15) is 88.6 Å². The quantitative estimate of drug-likeness (QED) is 0.110. The zero-order chi connectivity index (χ0) is 43.0. The highest BCUT2D eigenvalue weighted by atomic mass is 32.1. The van der Waals surface area contributed by atoms with Crippen LogP contribution in [0.4, 0.5) is 0 Å².